The van der Waals surface area contributed by atoms with Crippen molar-refractivity contribution in [2.24, 2.45) is 0 Å². The third-order valence-corrected chi connectivity index (χ3v) is 4.70. The summed E-state index contributed by atoms with van der Waals surface area (Å²) < 4.78 is 5.20. The molecule has 3 rings (SSSR count). The molecule has 166 valence electrons. The van der Waals surface area contributed by atoms with Crippen molar-refractivity contribution in [1.82, 2.24) is 5.32 Å². The zero-order valence-corrected chi connectivity index (χ0v) is 18.0. The van der Waals surface area contributed by atoms with E-state index in [4.69, 9.17) is 4.42 Å². The minimum absolute atomic E-state index is 0.0269. The lowest BCUT2D eigenvalue weighted by molar-refractivity contribution is -0.116. The Bertz CT molecular complexity index is 1090. The highest BCUT2D eigenvalue weighted by Gasteiger charge is 2.09. The number of carbonyl (C=O) groups is 3. The van der Waals surface area contributed by atoms with E-state index in [1.54, 1.807) is 55.7 Å². The fourth-order valence-corrected chi connectivity index (χ4v) is 2.91. The second kappa shape index (κ2) is 10.8. The van der Waals surface area contributed by atoms with Crippen molar-refractivity contribution in [3.63, 3.8) is 0 Å². The van der Waals surface area contributed by atoms with Crippen LogP contribution in [0.3, 0.4) is 0 Å². The van der Waals surface area contributed by atoms with Gasteiger partial charge in [0.25, 0.3) is 5.91 Å². The molecule has 8 heteroatoms. The molecular formula is C24H26N4O4. The summed E-state index contributed by atoms with van der Waals surface area (Å²) >= 11 is 0. The third-order valence-electron chi connectivity index (χ3n) is 4.70. The van der Waals surface area contributed by atoms with Crippen LogP contribution in [0.25, 0.3) is 0 Å². The molecule has 32 heavy (non-hydrogen) atoms. The van der Waals surface area contributed by atoms with E-state index in [0.717, 1.165) is 5.56 Å². The number of anilines is 3. The lowest BCUT2D eigenvalue weighted by Gasteiger charge is -2.12. The van der Waals surface area contributed by atoms with Gasteiger partial charge in [-0.15, -0.1) is 0 Å². The molecular weight excluding hydrogens is 408 g/mol. The smallest absolute Gasteiger partial charge is 0.251 e. The summed E-state index contributed by atoms with van der Waals surface area (Å²) in [6, 6.07) is 15.7. The van der Waals surface area contributed by atoms with Gasteiger partial charge in [-0.05, 0) is 55.0 Å². The van der Waals surface area contributed by atoms with Gasteiger partial charge in [0.2, 0.25) is 11.8 Å². The van der Waals surface area contributed by atoms with Gasteiger partial charge in [0.15, 0.2) is 0 Å². The Kier molecular flexibility index (Phi) is 7.64. The standard InChI is InChI=1S/C24H26N4O4/c1-3-22(29)28-21-13-18(10-9-16(21)2)25-15-23(30)27-19-7-4-6-17(12-19)24(31)26-14-20-8-5-11-32-20/h4-13,25H,3,14-15H2,1-2H3,(H,26,31)(H,27,30)(H,28,29). The van der Waals surface area contributed by atoms with Crippen molar-refractivity contribution in [2.45, 2.75) is 26.8 Å². The lowest BCUT2D eigenvalue weighted by Crippen LogP contribution is -2.24. The Morgan fingerprint density at radius 2 is 1.75 bits per heavy atom. The summed E-state index contributed by atoms with van der Waals surface area (Å²) in [5.41, 5.74) is 3.29. The van der Waals surface area contributed by atoms with Gasteiger partial charge in [-0.1, -0.05) is 19.1 Å². The van der Waals surface area contributed by atoms with Crippen LogP contribution >= 0.6 is 0 Å². The predicted octanol–water partition coefficient (Wildman–Crippen LogP) is 3.92. The van der Waals surface area contributed by atoms with Crippen LogP contribution in [-0.2, 0) is 16.1 Å². The normalized spacial score (nSPS) is 10.3. The quantitative estimate of drug-likeness (QED) is 0.408. The van der Waals surface area contributed by atoms with Crippen molar-refractivity contribution in [1.29, 1.82) is 0 Å². The molecule has 0 atom stereocenters. The van der Waals surface area contributed by atoms with Crippen LogP contribution in [-0.4, -0.2) is 24.3 Å². The van der Waals surface area contributed by atoms with Crippen LogP contribution in [0.1, 0.15) is 35.0 Å². The average Bonchev–Trinajstić information content (AvgIpc) is 3.31. The highest BCUT2D eigenvalue weighted by atomic mass is 16.3. The summed E-state index contributed by atoms with van der Waals surface area (Å²) in [6.45, 7) is 4.00. The number of carbonyl (C=O) groups excluding carboxylic acids is 3. The van der Waals surface area contributed by atoms with Gasteiger partial charge in [-0.3, -0.25) is 14.4 Å². The molecule has 0 aliphatic rings. The monoisotopic (exact) mass is 434 g/mol. The summed E-state index contributed by atoms with van der Waals surface area (Å²) in [7, 11) is 0. The lowest BCUT2D eigenvalue weighted by atomic mass is 10.1. The van der Waals surface area contributed by atoms with Crippen LogP contribution in [0.2, 0.25) is 0 Å². The zero-order chi connectivity index (χ0) is 22.9. The molecule has 0 aliphatic heterocycles. The maximum atomic E-state index is 12.4. The number of rotatable bonds is 9. The number of furan rings is 1. The Balaban J connectivity index is 1.54. The Labute approximate surface area is 186 Å². The molecule has 2 aromatic carbocycles. The molecule has 0 fully saturated rings. The van der Waals surface area contributed by atoms with Gasteiger partial charge in [-0.25, -0.2) is 0 Å². The van der Waals surface area contributed by atoms with Crippen molar-refractivity contribution in [3.8, 4) is 0 Å². The van der Waals surface area contributed by atoms with Crippen LogP contribution in [0.4, 0.5) is 17.1 Å². The first kappa shape index (κ1) is 22.6. The molecule has 0 spiro atoms. The maximum absolute atomic E-state index is 12.4. The molecule has 1 heterocycles. The fraction of sp³-hybridized carbons (Fsp3) is 0.208. The van der Waals surface area contributed by atoms with Gasteiger partial charge in [-0.2, -0.15) is 0 Å². The molecule has 3 aromatic rings. The van der Waals surface area contributed by atoms with E-state index in [9.17, 15) is 14.4 Å². The van der Waals surface area contributed by atoms with Crippen LogP contribution < -0.4 is 21.3 Å². The summed E-state index contributed by atoms with van der Waals surface area (Å²) in [5.74, 6) is 0.0493. The van der Waals surface area contributed by atoms with Crippen molar-refractivity contribution < 1.29 is 18.8 Å². The van der Waals surface area contributed by atoms with Crippen molar-refractivity contribution in [3.05, 3.63) is 77.7 Å². The van der Waals surface area contributed by atoms with Crippen LogP contribution in [0.5, 0.6) is 0 Å². The minimum atomic E-state index is -0.267. The van der Waals surface area contributed by atoms with Gasteiger partial charge < -0.3 is 25.7 Å². The van der Waals surface area contributed by atoms with Crippen molar-refractivity contribution in [2.75, 3.05) is 22.5 Å². The molecule has 0 aliphatic carbocycles. The first-order chi connectivity index (χ1) is 15.4. The van der Waals surface area contributed by atoms with Gasteiger partial charge >= 0.3 is 0 Å². The Hall–Kier alpha value is -4.07. The zero-order valence-electron chi connectivity index (χ0n) is 18.0. The second-order valence-electron chi connectivity index (χ2n) is 7.18. The first-order valence-corrected chi connectivity index (χ1v) is 10.3. The highest BCUT2D eigenvalue weighted by Crippen LogP contribution is 2.20. The third kappa shape index (κ3) is 6.46. The van der Waals surface area contributed by atoms with E-state index >= 15 is 0 Å². The molecule has 3 amide bonds. The SMILES string of the molecule is CCC(=O)Nc1cc(NCC(=O)Nc2cccc(C(=O)NCc3ccco3)c2)ccc1C. The number of nitrogens with one attached hydrogen (secondary N) is 4. The summed E-state index contributed by atoms with van der Waals surface area (Å²) in [4.78, 5) is 36.4. The van der Waals surface area contributed by atoms with Gasteiger partial charge in [0.1, 0.15) is 5.76 Å². The summed E-state index contributed by atoms with van der Waals surface area (Å²) in [6.07, 6.45) is 1.93. The number of hydrogen-bond acceptors (Lipinski definition) is 5. The predicted molar refractivity (Wildman–Crippen MR) is 124 cm³/mol. The molecule has 1 aromatic heterocycles. The molecule has 4 N–H and O–H groups in total. The Morgan fingerprint density at radius 1 is 0.906 bits per heavy atom. The topological polar surface area (TPSA) is 112 Å². The average molecular weight is 434 g/mol. The summed E-state index contributed by atoms with van der Waals surface area (Å²) in [5, 5.41) is 11.4. The van der Waals surface area contributed by atoms with Gasteiger partial charge in [0.05, 0.1) is 19.4 Å². The largest absolute Gasteiger partial charge is 0.467 e. The van der Waals surface area contributed by atoms with E-state index < -0.39 is 0 Å². The number of hydrogen-bond donors (Lipinski definition) is 4. The van der Waals surface area contributed by atoms with Gasteiger partial charge in [0, 0.05) is 29.0 Å². The molecule has 0 bridgehead atoms. The van der Waals surface area contributed by atoms with E-state index in [-0.39, 0.29) is 30.8 Å². The molecule has 0 saturated carbocycles. The van der Waals surface area contributed by atoms with E-state index in [1.165, 1.54) is 0 Å². The van der Waals surface area contributed by atoms with E-state index in [1.807, 2.05) is 19.1 Å². The highest BCUT2D eigenvalue weighted by molar-refractivity contribution is 5.98. The molecule has 8 nitrogen and oxygen atoms in total. The minimum Gasteiger partial charge on any atom is -0.467 e. The fourth-order valence-electron chi connectivity index (χ4n) is 2.91. The molecule has 0 unspecified atom stereocenters. The maximum Gasteiger partial charge on any atom is 0.251 e. The Morgan fingerprint density at radius 3 is 2.50 bits per heavy atom. The van der Waals surface area contributed by atoms with Crippen LogP contribution in [0, 0.1) is 6.92 Å². The first-order valence-electron chi connectivity index (χ1n) is 10.3. The molecule has 0 radical (unpaired) electrons. The number of amides is 3. The number of benzene rings is 2. The number of aryl methyl sites for hydroxylation is 1. The van der Waals surface area contributed by atoms with Crippen LogP contribution in [0.15, 0.2) is 65.3 Å². The van der Waals surface area contributed by atoms with E-state index in [2.05, 4.69) is 21.3 Å². The van der Waals surface area contributed by atoms with E-state index in [0.29, 0.717) is 34.8 Å². The second-order valence-corrected chi connectivity index (χ2v) is 7.18. The molecule has 0 saturated heterocycles. The van der Waals surface area contributed by atoms with Crippen molar-refractivity contribution >= 4 is 34.8 Å².